The summed E-state index contributed by atoms with van der Waals surface area (Å²) in [4.78, 5) is 38.4. The molecule has 1 fully saturated rings. The number of likely N-dealkylation sites (tertiary alicyclic amines) is 1. The molecule has 0 bridgehead atoms. The van der Waals surface area contributed by atoms with E-state index in [1.165, 1.54) is 4.90 Å². The molecule has 1 heterocycles. The summed E-state index contributed by atoms with van der Waals surface area (Å²) >= 11 is 0. The van der Waals surface area contributed by atoms with E-state index in [1.54, 1.807) is 43.4 Å². The second kappa shape index (κ2) is 10.3. The minimum absolute atomic E-state index is 0.188. The SMILES string of the molecule is CNC(=O)C1CCCN1C(=O)CNC(=O)c1cccc(OCc2ccccc2C#N)c1. The van der Waals surface area contributed by atoms with Gasteiger partial charge in [0.1, 0.15) is 18.4 Å². The quantitative estimate of drug-likeness (QED) is 0.707. The lowest BCUT2D eigenvalue weighted by Crippen LogP contribution is -2.48. The molecule has 1 aliphatic rings. The van der Waals surface area contributed by atoms with E-state index in [2.05, 4.69) is 16.7 Å². The number of benzene rings is 2. The van der Waals surface area contributed by atoms with Crippen molar-refractivity contribution in [3.05, 3.63) is 65.2 Å². The van der Waals surface area contributed by atoms with Crippen molar-refractivity contribution in [3.8, 4) is 11.8 Å². The van der Waals surface area contributed by atoms with Crippen molar-refractivity contribution in [1.29, 1.82) is 5.26 Å². The zero-order chi connectivity index (χ0) is 22.2. The Morgan fingerprint density at radius 2 is 2.00 bits per heavy atom. The minimum Gasteiger partial charge on any atom is -0.489 e. The lowest BCUT2D eigenvalue weighted by Gasteiger charge is -2.23. The second-order valence-corrected chi connectivity index (χ2v) is 7.13. The molecule has 1 saturated heterocycles. The van der Waals surface area contributed by atoms with Crippen molar-refractivity contribution in [2.24, 2.45) is 0 Å². The molecule has 1 unspecified atom stereocenters. The molecule has 160 valence electrons. The molecule has 0 spiro atoms. The number of carbonyl (C=O) groups excluding carboxylic acids is 3. The first kappa shape index (κ1) is 21.8. The summed E-state index contributed by atoms with van der Waals surface area (Å²) in [5.41, 5.74) is 1.64. The van der Waals surface area contributed by atoms with Gasteiger partial charge in [-0.1, -0.05) is 24.3 Å². The molecule has 2 N–H and O–H groups in total. The zero-order valence-corrected chi connectivity index (χ0v) is 17.3. The van der Waals surface area contributed by atoms with Gasteiger partial charge < -0.3 is 20.3 Å². The first-order valence-electron chi connectivity index (χ1n) is 10.0. The zero-order valence-electron chi connectivity index (χ0n) is 17.3. The summed E-state index contributed by atoms with van der Waals surface area (Å²) in [6.07, 6.45) is 1.37. The van der Waals surface area contributed by atoms with Crippen molar-refractivity contribution < 1.29 is 19.1 Å². The third-order valence-electron chi connectivity index (χ3n) is 5.15. The lowest BCUT2D eigenvalue weighted by molar-refractivity contribution is -0.137. The van der Waals surface area contributed by atoms with Crippen LogP contribution in [0.2, 0.25) is 0 Å². The van der Waals surface area contributed by atoms with E-state index in [9.17, 15) is 14.4 Å². The van der Waals surface area contributed by atoms with Crippen LogP contribution in [0, 0.1) is 11.3 Å². The Labute approximate surface area is 180 Å². The Hall–Kier alpha value is -3.86. The van der Waals surface area contributed by atoms with Crippen molar-refractivity contribution >= 4 is 17.7 Å². The Bertz CT molecular complexity index is 1010. The summed E-state index contributed by atoms with van der Waals surface area (Å²) in [7, 11) is 1.54. The number of ether oxygens (including phenoxy) is 1. The van der Waals surface area contributed by atoms with Crippen LogP contribution in [0.1, 0.15) is 34.3 Å². The highest BCUT2D eigenvalue weighted by molar-refractivity contribution is 5.97. The van der Waals surface area contributed by atoms with Gasteiger partial charge in [-0.15, -0.1) is 0 Å². The fourth-order valence-electron chi connectivity index (χ4n) is 3.51. The Morgan fingerprint density at radius 3 is 2.77 bits per heavy atom. The molecule has 0 radical (unpaired) electrons. The van der Waals surface area contributed by atoms with Crippen molar-refractivity contribution in [1.82, 2.24) is 15.5 Å². The molecule has 8 nitrogen and oxygen atoms in total. The molecular weight excluding hydrogens is 396 g/mol. The highest BCUT2D eigenvalue weighted by Crippen LogP contribution is 2.18. The van der Waals surface area contributed by atoms with Crippen LogP contribution in [-0.2, 0) is 16.2 Å². The summed E-state index contributed by atoms with van der Waals surface area (Å²) in [6.45, 7) is 0.510. The fourth-order valence-corrected chi connectivity index (χ4v) is 3.51. The predicted octanol–water partition coefficient (Wildman–Crippen LogP) is 1.60. The molecule has 0 saturated carbocycles. The van der Waals surface area contributed by atoms with Gasteiger partial charge in [0.25, 0.3) is 5.91 Å². The van der Waals surface area contributed by atoms with E-state index in [-0.39, 0.29) is 25.0 Å². The molecule has 1 aliphatic heterocycles. The van der Waals surface area contributed by atoms with Crippen LogP contribution in [0.25, 0.3) is 0 Å². The van der Waals surface area contributed by atoms with Gasteiger partial charge in [0, 0.05) is 24.7 Å². The van der Waals surface area contributed by atoms with E-state index in [4.69, 9.17) is 10.00 Å². The minimum atomic E-state index is -0.484. The van der Waals surface area contributed by atoms with E-state index in [0.29, 0.717) is 29.8 Å². The van der Waals surface area contributed by atoms with Gasteiger partial charge in [0.2, 0.25) is 11.8 Å². The normalized spacial score (nSPS) is 15.1. The number of hydrogen-bond donors (Lipinski definition) is 2. The van der Waals surface area contributed by atoms with Gasteiger partial charge in [0.15, 0.2) is 0 Å². The third-order valence-corrected chi connectivity index (χ3v) is 5.15. The van der Waals surface area contributed by atoms with Crippen LogP contribution in [0.15, 0.2) is 48.5 Å². The maximum atomic E-state index is 12.5. The first-order valence-corrected chi connectivity index (χ1v) is 10.0. The van der Waals surface area contributed by atoms with Crippen LogP contribution in [0.4, 0.5) is 0 Å². The maximum absolute atomic E-state index is 12.5. The molecule has 2 aromatic carbocycles. The first-order chi connectivity index (χ1) is 15.0. The second-order valence-electron chi connectivity index (χ2n) is 7.13. The number of hydrogen-bond acceptors (Lipinski definition) is 5. The molecule has 1 atom stereocenters. The number of nitriles is 1. The van der Waals surface area contributed by atoms with Gasteiger partial charge in [-0.3, -0.25) is 14.4 Å². The molecular formula is C23H24N4O4. The standard InChI is InChI=1S/C23H24N4O4/c1-25-23(30)20-10-5-11-27(20)21(28)14-26-22(29)16-8-4-9-19(12-16)31-15-18-7-3-2-6-17(18)13-24/h2-4,6-9,12,20H,5,10-11,14-15H2,1H3,(H,25,30)(H,26,29). The van der Waals surface area contributed by atoms with Crippen LogP contribution < -0.4 is 15.4 Å². The largest absolute Gasteiger partial charge is 0.489 e. The van der Waals surface area contributed by atoms with Gasteiger partial charge >= 0.3 is 0 Å². The van der Waals surface area contributed by atoms with Gasteiger partial charge in [-0.05, 0) is 37.1 Å². The number of nitrogens with zero attached hydrogens (tertiary/aromatic N) is 2. The molecule has 8 heteroatoms. The monoisotopic (exact) mass is 420 g/mol. The van der Waals surface area contributed by atoms with E-state index >= 15 is 0 Å². The van der Waals surface area contributed by atoms with Gasteiger partial charge in [-0.25, -0.2) is 0 Å². The summed E-state index contributed by atoms with van der Waals surface area (Å²) in [5.74, 6) is -0.419. The van der Waals surface area contributed by atoms with Crippen molar-refractivity contribution in [2.75, 3.05) is 20.1 Å². The Morgan fingerprint density at radius 1 is 1.19 bits per heavy atom. The van der Waals surface area contributed by atoms with Gasteiger partial charge in [0.05, 0.1) is 18.2 Å². The number of carbonyl (C=O) groups is 3. The third kappa shape index (κ3) is 5.39. The van der Waals surface area contributed by atoms with Crippen LogP contribution >= 0.6 is 0 Å². The molecule has 0 aromatic heterocycles. The Balaban J connectivity index is 1.57. The lowest BCUT2D eigenvalue weighted by atomic mass is 10.1. The maximum Gasteiger partial charge on any atom is 0.251 e. The number of nitrogens with one attached hydrogen (secondary N) is 2. The molecule has 2 aromatic rings. The van der Waals surface area contributed by atoms with Crippen molar-refractivity contribution in [3.63, 3.8) is 0 Å². The van der Waals surface area contributed by atoms with Crippen LogP contribution in [-0.4, -0.2) is 48.8 Å². The van der Waals surface area contributed by atoms with Crippen molar-refractivity contribution in [2.45, 2.75) is 25.5 Å². The van der Waals surface area contributed by atoms with Crippen LogP contribution in [0.5, 0.6) is 5.75 Å². The highest BCUT2D eigenvalue weighted by Gasteiger charge is 2.33. The van der Waals surface area contributed by atoms with E-state index < -0.39 is 11.9 Å². The van der Waals surface area contributed by atoms with Gasteiger partial charge in [-0.2, -0.15) is 5.26 Å². The average molecular weight is 420 g/mol. The smallest absolute Gasteiger partial charge is 0.251 e. The molecule has 31 heavy (non-hydrogen) atoms. The Kier molecular flexibility index (Phi) is 7.22. The number of rotatable bonds is 7. The molecule has 3 rings (SSSR count). The number of amides is 3. The van der Waals surface area contributed by atoms with E-state index in [1.807, 2.05) is 12.1 Å². The van der Waals surface area contributed by atoms with Crippen LogP contribution in [0.3, 0.4) is 0 Å². The van der Waals surface area contributed by atoms with E-state index in [0.717, 1.165) is 12.0 Å². The highest BCUT2D eigenvalue weighted by atomic mass is 16.5. The fraction of sp³-hybridized carbons (Fsp3) is 0.304. The molecule has 0 aliphatic carbocycles. The summed E-state index contributed by atoms with van der Waals surface area (Å²) in [5, 5.41) is 14.3. The predicted molar refractivity (Wildman–Crippen MR) is 113 cm³/mol. The number of likely N-dealkylation sites (N-methyl/N-ethyl adjacent to an activating group) is 1. The average Bonchev–Trinajstić information content (AvgIpc) is 3.31. The summed E-state index contributed by atoms with van der Waals surface area (Å²) in [6, 6.07) is 15.4. The summed E-state index contributed by atoms with van der Waals surface area (Å²) < 4.78 is 5.73. The topological polar surface area (TPSA) is 112 Å². The molecule has 3 amide bonds.